The molecule has 1 aromatic heterocycles. The summed E-state index contributed by atoms with van der Waals surface area (Å²) in [6.07, 6.45) is 0. The average Bonchev–Trinajstić information content (AvgIpc) is 3.13. The SMILES string of the molecule is O=C(Cn1c(=O)oc2cc([N+](=O)[O-])ccc21)N1CCN(S(=O)(=O)c2ccc([N+](=O)[O-])cc2)CC1. The molecule has 2 aromatic carbocycles. The van der Waals surface area contributed by atoms with Gasteiger partial charge in [0.05, 0.1) is 26.3 Å². The van der Waals surface area contributed by atoms with Crippen LogP contribution in [0.2, 0.25) is 0 Å². The number of fused-ring (bicyclic) bond motifs is 1. The van der Waals surface area contributed by atoms with E-state index in [1.807, 2.05) is 0 Å². The number of benzene rings is 2. The van der Waals surface area contributed by atoms with Crippen LogP contribution < -0.4 is 5.76 Å². The summed E-state index contributed by atoms with van der Waals surface area (Å²) in [5, 5.41) is 21.7. The fraction of sp³-hybridized carbons (Fsp3) is 0.263. The maximum atomic E-state index is 12.8. The number of nitro groups is 2. The number of sulfonamides is 1. The number of nitrogens with zero attached hydrogens (tertiary/aromatic N) is 5. The molecule has 2 heterocycles. The molecule has 4 rings (SSSR count). The van der Waals surface area contributed by atoms with Crippen molar-refractivity contribution in [1.29, 1.82) is 0 Å². The molecule has 1 saturated heterocycles. The van der Waals surface area contributed by atoms with Crippen molar-refractivity contribution < 1.29 is 27.5 Å². The Hall–Kier alpha value is -4.11. The number of rotatable bonds is 6. The van der Waals surface area contributed by atoms with E-state index in [1.165, 1.54) is 21.3 Å². The first-order chi connectivity index (χ1) is 16.1. The number of aromatic nitrogens is 1. The van der Waals surface area contributed by atoms with Gasteiger partial charge in [-0.15, -0.1) is 0 Å². The number of nitro benzene ring substituents is 2. The lowest BCUT2D eigenvalue weighted by Crippen LogP contribution is -2.51. The van der Waals surface area contributed by atoms with Gasteiger partial charge in [-0.3, -0.25) is 29.6 Å². The second-order valence-corrected chi connectivity index (χ2v) is 9.34. The molecule has 1 amide bonds. The molecule has 0 spiro atoms. The van der Waals surface area contributed by atoms with Crippen LogP contribution in [-0.2, 0) is 21.4 Å². The molecule has 0 aliphatic carbocycles. The summed E-state index contributed by atoms with van der Waals surface area (Å²) in [5.74, 6) is -1.29. The standard InChI is InChI=1S/C19H17N5O9S/c25-18(12-22-16-6-3-14(24(29)30)11-17(16)33-19(22)26)20-7-9-21(10-8-20)34(31,32)15-4-1-13(2-5-15)23(27)28/h1-6,11H,7-10,12H2. The van der Waals surface area contributed by atoms with Crippen molar-refractivity contribution in [2.75, 3.05) is 26.2 Å². The molecule has 0 unspecified atom stereocenters. The van der Waals surface area contributed by atoms with Crippen LogP contribution >= 0.6 is 0 Å². The third-order valence-electron chi connectivity index (χ3n) is 5.43. The Labute approximate surface area is 190 Å². The van der Waals surface area contributed by atoms with Gasteiger partial charge in [-0.25, -0.2) is 13.2 Å². The van der Waals surface area contributed by atoms with Crippen LogP contribution in [0.25, 0.3) is 11.1 Å². The summed E-state index contributed by atoms with van der Waals surface area (Å²) < 4.78 is 32.9. The third-order valence-corrected chi connectivity index (χ3v) is 7.35. The zero-order valence-corrected chi connectivity index (χ0v) is 18.2. The van der Waals surface area contributed by atoms with Crippen LogP contribution in [0.5, 0.6) is 0 Å². The molecule has 1 aliphatic rings. The zero-order chi connectivity index (χ0) is 24.6. The van der Waals surface area contributed by atoms with Gasteiger partial charge in [-0.05, 0) is 18.2 Å². The van der Waals surface area contributed by atoms with Crippen molar-refractivity contribution in [1.82, 2.24) is 13.8 Å². The Bertz CT molecular complexity index is 1450. The molecule has 3 aromatic rings. The molecule has 14 nitrogen and oxygen atoms in total. The van der Waals surface area contributed by atoms with Crippen molar-refractivity contribution >= 4 is 38.4 Å². The van der Waals surface area contributed by atoms with Gasteiger partial charge < -0.3 is 9.32 Å². The van der Waals surface area contributed by atoms with Gasteiger partial charge in [-0.2, -0.15) is 4.31 Å². The first kappa shape index (κ1) is 23.1. The highest BCUT2D eigenvalue weighted by Gasteiger charge is 2.31. The van der Waals surface area contributed by atoms with Crippen molar-refractivity contribution in [3.8, 4) is 0 Å². The van der Waals surface area contributed by atoms with Crippen molar-refractivity contribution in [2.45, 2.75) is 11.4 Å². The van der Waals surface area contributed by atoms with E-state index in [1.54, 1.807) is 0 Å². The lowest BCUT2D eigenvalue weighted by molar-refractivity contribution is -0.385. The van der Waals surface area contributed by atoms with E-state index in [9.17, 15) is 38.2 Å². The summed E-state index contributed by atoms with van der Waals surface area (Å²) in [5.41, 5.74) is -0.287. The van der Waals surface area contributed by atoms with E-state index >= 15 is 0 Å². The van der Waals surface area contributed by atoms with Gasteiger partial charge in [-0.1, -0.05) is 0 Å². The molecule has 0 atom stereocenters. The van der Waals surface area contributed by atoms with Crippen LogP contribution in [-0.4, -0.2) is 64.1 Å². The van der Waals surface area contributed by atoms with E-state index in [0.29, 0.717) is 0 Å². The van der Waals surface area contributed by atoms with Gasteiger partial charge >= 0.3 is 5.76 Å². The molecule has 0 bridgehead atoms. The van der Waals surface area contributed by atoms with Crippen molar-refractivity contribution in [3.05, 3.63) is 73.2 Å². The highest BCUT2D eigenvalue weighted by atomic mass is 32.2. The zero-order valence-electron chi connectivity index (χ0n) is 17.4. The van der Waals surface area contributed by atoms with Crippen LogP contribution in [0.1, 0.15) is 0 Å². The van der Waals surface area contributed by atoms with E-state index < -0.39 is 31.5 Å². The predicted molar refractivity (Wildman–Crippen MR) is 116 cm³/mol. The molecule has 0 saturated carbocycles. The molecule has 0 N–H and O–H groups in total. The average molecular weight is 491 g/mol. The van der Waals surface area contributed by atoms with E-state index in [4.69, 9.17) is 4.42 Å². The Balaban J connectivity index is 1.44. The maximum absolute atomic E-state index is 12.8. The van der Waals surface area contributed by atoms with E-state index in [2.05, 4.69) is 0 Å². The van der Waals surface area contributed by atoms with Gasteiger partial charge in [0.25, 0.3) is 11.4 Å². The molecule has 1 aliphatic heterocycles. The topological polar surface area (TPSA) is 179 Å². The summed E-state index contributed by atoms with van der Waals surface area (Å²) in [7, 11) is -3.90. The quantitative estimate of drug-likeness (QED) is 0.358. The Morgan fingerprint density at radius 3 is 2.12 bits per heavy atom. The maximum Gasteiger partial charge on any atom is 0.420 e. The number of carbonyl (C=O) groups is 1. The summed E-state index contributed by atoms with van der Waals surface area (Å²) in [4.78, 5) is 46.6. The number of non-ortho nitro benzene ring substituents is 2. The Morgan fingerprint density at radius 2 is 1.53 bits per heavy atom. The number of amides is 1. The molecule has 1 fully saturated rings. The Morgan fingerprint density at radius 1 is 0.941 bits per heavy atom. The van der Waals surface area contributed by atoms with Crippen molar-refractivity contribution in [2.24, 2.45) is 0 Å². The number of piperazine rings is 1. The van der Waals surface area contributed by atoms with Crippen molar-refractivity contribution in [3.63, 3.8) is 0 Å². The Kier molecular flexibility index (Phi) is 5.89. The van der Waals surface area contributed by atoms with Gasteiger partial charge in [0, 0.05) is 44.4 Å². The second-order valence-electron chi connectivity index (χ2n) is 7.40. The number of oxazole rings is 1. The predicted octanol–water partition coefficient (Wildman–Crippen LogP) is 0.944. The normalized spacial score (nSPS) is 14.9. The van der Waals surface area contributed by atoms with Crippen LogP contribution in [0.3, 0.4) is 0 Å². The molecule has 34 heavy (non-hydrogen) atoms. The highest BCUT2D eigenvalue weighted by molar-refractivity contribution is 7.89. The van der Waals surface area contributed by atoms with E-state index in [-0.39, 0.29) is 60.1 Å². The van der Waals surface area contributed by atoms with Crippen LogP contribution in [0.4, 0.5) is 11.4 Å². The fourth-order valence-electron chi connectivity index (χ4n) is 3.62. The lowest BCUT2D eigenvalue weighted by atomic mass is 10.3. The number of carbonyl (C=O) groups excluding carboxylic acids is 1. The lowest BCUT2D eigenvalue weighted by Gasteiger charge is -2.34. The van der Waals surface area contributed by atoms with Gasteiger partial charge in [0.1, 0.15) is 6.54 Å². The first-order valence-electron chi connectivity index (χ1n) is 9.88. The van der Waals surface area contributed by atoms with E-state index in [0.717, 1.165) is 34.9 Å². The smallest absolute Gasteiger partial charge is 0.407 e. The highest BCUT2D eigenvalue weighted by Crippen LogP contribution is 2.22. The summed E-state index contributed by atoms with van der Waals surface area (Å²) >= 11 is 0. The monoisotopic (exact) mass is 491 g/mol. The van der Waals surface area contributed by atoms with Gasteiger partial charge in [0.2, 0.25) is 15.9 Å². The number of hydrogen-bond donors (Lipinski definition) is 0. The minimum Gasteiger partial charge on any atom is -0.407 e. The van der Waals surface area contributed by atoms with Crippen LogP contribution in [0.15, 0.2) is 56.6 Å². The molecular formula is C19H17N5O9S. The fourth-order valence-corrected chi connectivity index (χ4v) is 5.04. The first-order valence-corrected chi connectivity index (χ1v) is 11.3. The number of hydrogen-bond acceptors (Lipinski definition) is 9. The second kappa shape index (κ2) is 8.68. The van der Waals surface area contributed by atoms with Gasteiger partial charge in [0.15, 0.2) is 5.58 Å². The summed E-state index contributed by atoms with van der Waals surface area (Å²) in [6, 6.07) is 8.14. The third kappa shape index (κ3) is 4.25. The largest absolute Gasteiger partial charge is 0.420 e. The molecule has 178 valence electrons. The minimum atomic E-state index is -3.90. The minimum absolute atomic E-state index is 0.00170. The summed E-state index contributed by atoms with van der Waals surface area (Å²) in [6.45, 7) is -0.239. The molecule has 15 heteroatoms. The molecular weight excluding hydrogens is 474 g/mol. The molecule has 0 radical (unpaired) electrons. The van der Waals surface area contributed by atoms with Crippen LogP contribution in [0, 0.1) is 20.2 Å².